The first-order valence-corrected chi connectivity index (χ1v) is 15.3. The first-order valence-electron chi connectivity index (χ1n) is 13.9. The fraction of sp³-hybridized carbons (Fsp3) is 0.562. The standard InChI is InChI=1S/C32H46N2O2S/c1-24-11-9-10-14-28(24)30-21-26(15-16-29(30)31(36)33-27(23-35)18-20-37-5)22-34(32(2,3)4)19-17-25-12-7-6-8-13-25/h9-11,14-16,21,23,25,27H,6-8,12-13,17-20,22H2,1-5H3,(H,33,36)/t27-/m0/s1. The zero-order chi connectivity index (χ0) is 26.8. The van der Waals surface area contributed by atoms with E-state index >= 15 is 0 Å². The minimum absolute atomic E-state index is 0.0576. The summed E-state index contributed by atoms with van der Waals surface area (Å²) < 4.78 is 0. The Hall–Kier alpha value is -2.11. The molecule has 0 aliphatic heterocycles. The first kappa shape index (κ1) is 29.4. The number of amides is 1. The molecule has 0 bridgehead atoms. The fourth-order valence-electron chi connectivity index (χ4n) is 5.34. The molecule has 0 heterocycles. The highest BCUT2D eigenvalue weighted by Crippen LogP contribution is 2.31. The van der Waals surface area contributed by atoms with Gasteiger partial charge in [-0.05, 0) is 99.4 Å². The lowest BCUT2D eigenvalue weighted by atomic mass is 9.86. The number of carbonyl (C=O) groups is 2. The molecule has 1 fully saturated rings. The fourth-order valence-corrected chi connectivity index (χ4v) is 5.83. The molecule has 1 atom stereocenters. The molecule has 202 valence electrons. The van der Waals surface area contributed by atoms with Gasteiger partial charge in [0.1, 0.15) is 6.29 Å². The van der Waals surface area contributed by atoms with E-state index in [0.29, 0.717) is 12.0 Å². The molecule has 1 N–H and O–H groups in total. The Morgan fingerprint density at radius 2 is 1.84 bits per heavy atom. The second-order valence-electron chi connectivity index (χ2n) is 11.6. The van der Waals surface area contributed by atoms with Crippen LogP contribution in [-0.4, -0.2) is 47.2 Å². The van der Waals surface area contributed by atoms with Crippen molar-refractivity contribution >= 4 is 24.0 Å². The van der Waals surface area contributed by atoms with Gasteiger partial charge in [-0.1, -0.05) is 62.4 Å². The van der Waals surface area contributed by atoms with Crippen molar-refractivity contribution in [2.24, 2.45) is 5.92 Å². The van der Waals surface area contributed by atoms with E-state index in [9.17, 15) is 9.59 Å². The van der Waals surface area contributed by atoms with Crippen LogP contribution in [0.2, 0.25) is 0 Å². The van der Waals surface area contributed by atoms with Gasteiger partial charge < -0.3 is 10.1 Å². The Balaban J connectivity index is 1.88. The molecule has 3 rings (SSSR count). The topological polar surface area (TPSA) is 49.4 Å². The van der Waals surface area contributed by atoms with Crippen molar-refractivity contribution in [2.75, 3.05) is 18.6 Å². The molecular formula is C32H46N2O2S. The van der Waals surface area contributed by atoms with Crippen molar-refractivity contribution in [1.29, 1.82) is 0 Å². The normalized spacial score (nSPS) is 15.5. The molecule has 37 heavy (non-hydrogen) atoms. The Bertz CT molecular complexity index is 1020. The number of aldehydes is 1. The number of aryl methyl sites for hydroxylation is 1. The van der Waals surface area contributed by atoms with Crippen molar-refractivity contribution in [3.8, 4) is 11.1 Å². The Labute approximate surface area is 229 Å². The van der Waals surface area contributed by atoms with Crippen LogP contribution in [0.25, 0.3) is 11.1 Å². The Morgan fingerprint density at radius 1 is 1.11 bits per heavy atom. The summed E-state index contributed by atoms with van der Waals surface area (Å²) in [5, 5.41) is 2.96. The molecule has 4 nitrogen and oxygen atoms in total. The molecular weight excluding hydrogens is 476 g/mol. The third kappa shape index (κ3) is 8.71. The third-order valence-electron chi connectivity index (χ3n) is 7.73. The zero-order valence-electron chi connectivity index (χ0n) is 23.5. The van der Waals surface area contributed by atoms with Crippen LogP contribution in [0.15, 0.2) is 42.5 Å². The van der Waals surface area contributed by atoms with Gasteiger partial charge in [0.05, 0.1) is 6.04 Å². The minimum Gasteiger partial charge on any atom is -0.342 e. The minimum atomic E-state index is -0.472. The second kappa shape index (κ2) is 14.2. The van der Waals surface area contributed by atoms with Gasteiger partial charge in [-0.2, -0.15) is 11.8 Å². The molecule has 1 amide bonds. The van der Waals surface area contributed by atoms with Gasteiger partial charge in [0.2, 0.25) is 0 Å². The van der Waals surface area contributed by atoms with E-state index < -0.39 is 6.04 Å². The van der Waals surface area contributed by atoms with Crippen LogP contribution >= 0.6 is 11.8 Å². The van der Waals surface area contributed by atoms with Crippen LogP contribution in [0.4, 0.5) is 0 Å². The highest BCUT2D eigenvalue weighted by Gasteiger charge is 2.24. The van der Waals surface area contributed by atoms with Gasteiger partial charge >= 0.3 is 0 Å². The van der Waals surface area contributed by atoms with E-state index in [1.807, 2.05) is 24.5 Å². The van der Waals surface area contributed by atoms with Crippen molar-refractivity contribution in [2.45, 2.75) is 90.8 Å². The predicted molar refractivity (Wildman–Crippen MR) is 158 cm³/mol. The average Bonchev–Trinajstić information content (AvgIpc) is 2.89. The summed E-state index contributed by atoms with van der Waals surface area (Å²) in [7, 11) is 0. The number of thioether (sulfide) groups is 1. The van der Waals surface area contributed by atoms with E-state index in [4.69, 9.17) is 0 Å². The lowest BCUT2D eigenvalue weighted by Gasteiger charge is -2.37. The van der Waals surface area contributed by atoms with Crippen LogP contribution in [0.1, 0.15) is 87.2 Å². The maximum atomic E-state index is 13.4. The Morgan fingerprint density at radius 3 is 2.49 bits per heavy atom. The zero-order valence-corrected chi connectivity index (χ0v) is 24.3. The molecule has 0 radical (unpaired) electrons. The van der Waals surface area contributed by atoms with Gasteiger partial charge in [0.25, 0.3) is 5.91 Å². The monoisotopic (exact) mass is 522 g/mol. The van der Waals surface area contributed by atoms with Gasteiger partial charge in [-0.25, -0.2) is 0 Å². The SMILES string of the molecule is CSCC[C@@H](C=O)NC(=O)c1ccc(CN(CCC2CCCCC2)C(C)(C)C)cc1-c1ccccc1C. The van der Waals surface area contributed by atoms with Gasteiger partial charge in [0, 0.05) is 17.6 Å². The second-order valence-corrected chi connectivity index (χ2v) is 12.6. The molecule has 0 aromatic heterocycles. The predicted octanol–water partition coefficient (Wildman–Crippen LogP) is 7.28. The van der Waals surface area contributed by atoms with Crippen LogP contribution in [0.5, 0.6) is 0 Å². The molecule has 1 aliphatic rings. The maximum absolute atomic E-state index is 13.4. The number of benzene rings is 2. The summed E-state index contributed by atoms with van der Waals surface area (Å²) in [6.07, 6.45) is 11.7. The number of hydrogen-bond donors (Lipinski definition) is 1. The van der Waals surface area contributed by atoms with Crippen molar-refractivity contribution in [3.63, 3.8) is 0 Å². The number of carbonyl (C=O) groups excluding carboxylic acids is 2. The quantitative estimate of drug-likeness (QED) is 0.298. The Kier molecular flexibility index (Phi) is 11.3. The highest BCUT2D eigenvalue weighted by atomic mass is 32.2. The van der Waals surface area contributed by atoms with Crippen LogP contribution in [0.3, 0.4) is 0 Å². The number of nitrogens with zero attached hydrogens (tertiary/aromatic N) is 1. The summed E-state index contributed by atoms with van der Waals surface area (Å²) in [5.74, 6) is 1.49. The average molecular weight is 523 g/mol. The highest BCUT2D eigenvalue weighted by molar-refractivity contribution is 7.98. The smallest absolute Gasteiger partial charge is 0.252 e. The summed E-state index contributed by atoms with van der Waals surface area (Å²) in [5.41, 5.74) is 5.02. The molecule has 1 aliphatic carbocycles. The van der Waals surface area contributed by atoms with Gasteiger partial charge in [-0.15, -0.1) is 0 Å². The maximum Gasteiger partial charge on any atom is 0.252 e. The molecule has 5 heteroatoms. The molecule has 0 spiro atoms. The molecule has 0 unspecified atom stereocenters. The summed E-state index contributed by atoms with van der Waals surface area (Å²) in [4.78, 5) is 27.6. The lowest BCUT2D eigenvalue weighted by molar-refractivity contribution is -0.109. The molecule has 1 saturated carbocycles. The van der Waals surface area contributed by atoms with E-state index in [1.54, 1.807) is 11.8 Å². The molecule has 2 aromatic rings. The van der Waals surface area contributed by atoms with Crippen LogP contribution < -0.4 is 5.32 Å². The number of hydrogen-bond acceptors (Lipinski definition) is 4. The van der Waals surface area contributed by atoms with Crippen molar-refractivity contribution < 1.29 is 9.59 Å². The van der Waals surface area contributed by atoms with E-state index in [0.717, 1.165) is 47.7 Å². The summed E-state index contributed by atoms with van der Waals surface area (Å²) in [6, 6.07) is 14.0. The third-order valence-corrected chi connectivity index (χ3v) is 8.38. The summed E-state index contributed by atoms with van der Waals surface area (Å²) in [6.45, 7) is 10.9. The largest absolute Gasteiger partial charge is 0.342 e. The van der Waals surface area contributed by atoms with Crippen molar-refractivity contribution in [1.82, 2.24) is 10.2 Å². The van der Waals surface area contributed by atoms with E-state index in [2.05, 4.69) is 62.2 Å². The van der Waals surface area contributed by atoms with Crippen molar-refractivity contribution in [3.05, 3.63) is 59.2 Å². The number of nitrogens with one attached hydrogen (secondary N) is 1. The van der Waals surface area contributed by atoms with E-state index in [-0.39, 0.29) is 11.4 Å². The molecule has 0 saturated heterocycles. The first-order chi connectivity index (χ1) is 17.7. The number of rotatable bonds is 12. The van der Waals surface area contributed by atoms with Gasteiger partial charge in [-0.3, -0.25) is 9.69 Å². The molecule has 2 aromatic carbocycles. The summed E-state index contributed by atoms with van der Waals surface area (Å²) >= 11 is 1.68. The van der Waals surface area contributed by atoms with Crippen LogP contribution in [0, 0.1) is 12.8 Å². The van der Waals surface area contributed by atoms with Gasteiger partial charge in [0.15, 0.2) is 0 Å². The van der Waals surface area contributed by atoms with Crippen LogP contribution in [-0.2, 0) is 11.3 Å². The lowest BCUT2D eigenvalue weighted by Crippen LogP contribution is -2.42. The van der Waals surface area contributed by atoms with E-state index in [1.165, 1.54) is 44.1 Å².